The van der Waals surface area contributed by atoms with Gasteiger partial charge in [0.15, 0.2) is 0 Å². The molecule has 3 N–H and O–H groups in total. The molecule has 1 saturated heterocycles. The number of amides is 2. The quantitative estimate of drug-likeness (QED) is 0.808. The van der Waals surface area contributed by atoms with Crippen LogP contribution in [0.4, 0.5) is 4.39 Å². The van der Waals surface area contributed by atoms with Gasteiger partial charge in [0.1, 0.15) is 11.9 Å². The average molecular weight is 411 g/mol. The predicted molar refractivity (Wildman–Crippen MR) is 110 cm³/mol. The van der Waals surface area contributed by atoms with Crippen molar-refractivity contribution in [1.82, 2.24) is 10.2 Å². The molecular weight excluding hydrogens is 385 g/mol. The number of nitrogens with zero attached hydrogens (tertiary/aromatic N) is 1. The van der Waals surface area contributed by atoms with Gasteiger partial charge in [-0.2, -0.15) is 0 Å². The number of carbonyl (C=O) groups excluding carboxylic acids is 2. The Morgan fingerprint density at radius 1 is 1.17 bits per heavy atom. The van der Waals surface area contributed by atoms with Gasteiger partial charge in [0.25, 0.3) is 5.91 Å². The topological polar surface area (TPSA) is 84.7 Å². The number of halogens is 1. The molecule has 0 bridgehead atoms. The predicted octanol–water partition coefficient (Wildman–Crippen LogP) is 1.92. The zero-order chi connectivity index (χ0) is 21.3. The second-order valence-corrected chi connectivity index (χ2v) is 7.96. The Morgan fingerprint density at radius 2 is 1.90 bits per heavy atom. The SMILES string of the molecule is CC(=O)N[C@H]1CO[C@@H](C(=O)N2CCc3ccccc3[C@@H]2c2ccc(F)cc2)C[C@@H]1N. The Bertz CT molecular complexity index is 934. The number of carbonyl (C=O) groups is 2. The van der Waals surface area contributed by atoms with Crippen LogP contribution in [0.1, 0.15) is 36.1 Å². The summed E-state index contributed by atoms with van der Waals surface area (Å²) < 4.78 is 19.3. The van der Waals surface area contributed by atoms with Gasteiger partial charge >= 0.3 is 0 Å². The molecule has 1 fully saturated rings. The molecule has 6 nitrogen and oxygen atoms in total. The van der Waals surface area contributed by atoms with Gasteiger partial charge in [-0.1, -0.05) is 36.4 Å². The molecule has 2 amide bonds. The van der Waals surface area contributed by atoms with Crippen LogP contribution in [0.2, 0.25) is 0 Å². The first-order valence-corrected chi connectivity index (χ1v) is 10.2. The molecule has 2 aromatic rings. The molecule has 158 valence electrons. The third-order valence-electron chi connectivity index (χ3n) is 5.90. The smallest absolute Gasteiger partial charge is 0.252 e. The molecule has 7 heteroatoms. The van der Waals surface area contributed by atoms with Gasteiger partial charge in [-0.3, -0.25) is 9.59 Å². The first kappa shape index (κ1) is 20.5. The van der Waals surface area contributed by atoms with Crippen LogP contribution in [0.5, 0.6) is 0 Å². The van der Waals surface area contributed by atoms with E-state index in [0.717, 1.165) is 17.5 Å². The van der Waals surface area contributed by atoms with Gasteiger partial charge in [-0.25, -0.2) is 4.39 Å². The highest BCUT2D eigenvalue weighted by Gasteiger charge is 2.39. The first-order chi connectivity index (χ1) is 14.4. The second-order valence-electron chi connectivity index (χ2n) is 7.96. The van der Waals surface area contributed by atoms with Crippen molar-refractivity contribution in [2.45, 2.75) is 44.0 Å². The fourth-order valence-electron chi connectivity index (χ4n) is 4.40. The molecule has 30 heavy (non-hydrogen) atoms. The maximum absolute atomic E-state index is 13.5. The molecule has 0 aliphatic carbocycles. The van der Waals surface area contributed by atoms with Crippen molar-refractivity contribution in [3.05, 3.63) is 71.0 Å². The van der Waals surface area contributed by atoms with Crippen LogP contribution in [0.25, 0.3) is 0 Å². The summed E-state index contributed by atoms with van der Waals surface area (Å²) in [6.07, 6.45) is 0.406. The van der Waals surface area contributed by atoms with Crippen LogP contribution in [-0.4, -0.2) is 48.1 Å². The zero-order valence-electron chi connectivity index (χ0n) is 16.9. The van der Waals surface area contributed by atoms with E-state index in [-0.39, 0.29) is 42.4 Å². The van der Waals surface area contributed by atoms with Crippen LogP contribution in [-0.2, 0) is 20.7 Å². The summed E-state index contributed by atoms with van der Waals surface area (Å²) in [4.78, 5) is 26.6. The van der Waals surface area contributed by atoms with E-state index in [0.29, 0.717) is 13.0 Å². The molecule has 4 rings (SSSR count). The minimum absolute atomic E-state index is 0.129. The Hall–Kier alpha value is -2.77. The molecule has 2 aromatic carbocycles. The molecular formula is C23H26FN3O3. The van der Waals surface area contributed by atoms with Gasteiger partial charge in [-0.15, -0.1) is 0 Å². The first-order valence-electron chi connectivity index (χ1n) is 10.2. The summed E-state index contributed by atoms with van der Waals surface area (Å²) in [6, 6.07) is 13.3. The van der Waals surface area contributed by atoms with Crippen molar-refractivity contribution in [2.75, 3.05) is 13.2 Å². The lowest BCUT2D eigenvalue weighted by Gasteiger charge is -2.41. The maximum Gasteiger partial charge on any atom is 0.252 e. The van der Waals surface area contributed by atoms with E-state index in [9.17, 15) is 14.0 Å². The third-order valence-corrected chi connectivity index (χ3v) is 5.90. The highest BCUT2D eigenvalue weighted by atomic mass is 19.1. The lowest BCUT2D eigenvalue weighted by molar-refractivity contribution is -0.150. The Labute approximate surface area is 175 Å². The molecule has 2 heterocycles. The lowest BCUT2D eigenvalue weighted by atomic mass is 9.87. The van der Waals surface area contributed by atoms with Gasteiger partial charge in [0, 0.05) is 19.5 Å². The van der Waals surface area contributed by atoms with Crippen LogP contribution in [0.3, 0.4) is 0 Å². The monoisotopic (exact) mass is 411 g/mol. The number of nitrogens with two attached hydrogens (primary N) is 1. The van der Waals surface area contributed by atoms with Crippen molar-refractivity contribution >= 4 is 11.8 Å². The van der Waals surface area contributed by atoms with Crippen LogP contribution in [0, 0.1) is 5.82 Å². The Balaban J connectivity index is 1.60. The van der Waals surface area contributed by atoms with Gasteiger partial charge < -0.3 is 20.7 Å². The van der Waals surface area contributed by atoms with Gasteiger partial charge in [-0.05, 0) is 41.7 Å². The van der Waals surface area contributed by atoms with E-state index >= 15 is 0 Å². The van der Waals surface area contributed by atoms with Crippen LogP contribution >= 0.6 is 0 Å². The Kier molecular flexibility index (Phi) is 5.83. The number of benzene rings is 2. The second kappa shape index (κ2) is 8.53. The van der Waals surface area contributed by atoms with Gasteiger partial charge in [0.05, 0.1) is 18.7 Å². The summed E-state index contributed by atoms with van der Waals surface area (Å²) in [6.45, 7) is 2.17. The molecule has 2 aliphatic rings. The maximum atomic E-state index is 13.5. The number of ether oxygens (including phenoxy) is 1. The van der Waals surface area contributed by atoms with E-state index in [1.807, 2.05) is 23.1 Å². The molecule has 0 spiro atoms. The molecule has 2 aliphatic heterocycles. The van der Waals surface area contributed by atoms with Crippen molar-refractivity contribution in [2.24, 2.45) is 5.73 Å². The molecule has 0 unspecified atom stereocenters. The standard InChI is InChI=1S/C23H26FN3O3/c1-14(28)26-20-13-30-21(12-19(20)25)23(29)27-11-10-15-4-2-3-5-18(15)22(27)16-6-8-17(24)9-7-16/h2-9,19-22H,10-13,25H2,1H3,(H,26,28)/t19-,20-,21+,22-/m0/s1. The summed E-state index contributed by atoms with van der Waals surface area (Å²) in [5.74, 6) is -0.616. The van der Waals surface area contributed by atoms with E-state index in [1.54, 1.807) is 12.1 Å². The number of fused-ring (bicyclic) bond motifs is 1. The fourth-order valence-corrected chi connectivity index (χ4v) is 4.40. The summed E-state index contributed by atoms with van der Waals surface area (Å²) in [7, 11) is 0. The van der Waals surface area contributed by atoms with Gasteiger partial charge in [0.2, 0.25) is 5.91 Å². The molecule has 0 radical (unpaired) electrons. The van der Waals surface area contributed by atoms with E-state index in [1.165, 1.54) is 24.6 Å². The Morgan fingerprint density at radius 3 is 2.60 bits per heavy atom. The zero-order valence-corrected chi connectivity index (χ0v) is 16.9. The van der Waals surface area contributed by atoms with Crippen LogP contribution < -0.4 is 11.1 Å². The third kappa shape index (κ3) is 4.08. The summed E-state index contributed by atoms with van der Waals surface area (Å²) in [5.41, 5.74) is 9.30. The fraction of sp³-hybridized carbons (Fsp3) is 0.391. The minimum Gasteiger partial charge on any atom is -0.366 e. The van der Waals surface area contributed by atoms with Crippen LogP contribution in [0.15, 0.2) is 48.5 Å². The highest BCUT2D eigenvalue weighted by molar-refractivity contribution is 5.82. The largest absolute Gasteiger partial charge is 0.366 e. The summed E-state index contributed by atoms with van der Waals surface area (Å²) in [5, 5.41) is 2.77. The number of hydrogen-bond donors (Lipinski definition) is 2. The van der Waals surface area contributed by atoms with E-state index < -0.39 is 6.10 Å². The van der Waals surface area contributed by atoms with Crippen molar-refractivity contribution in [3.63, 3.8) is 0 Å². The number of hydrogen-bond acceptors (Lipinski definition) is 4. The van der Waals surface area contributed by atoms with E-state index in [4.69, 9.17) is 10.5 Å². The normalized spacial score (nSPS) is 26.0. The van der Waals surface area contributed by atoms with Crippen molar-refractivity contribution in [1.29, 1.82) is 0 Å². The lowest BCUT2D eigenvalue weighted by Crippen LogP contribution is -2.58. The average Bonchev–Trinajstić information content (AvgIpc) is 2.74. The number of nitrogens with one attached hydrogen (secondary N) is 1. The van der Waals surface area contributed by atoms with Crippen molar-refractivity contribution < 1.29 is 18.7 Å². The molecule has 4 atom stereocenters. The molecule has 0 saturated carbocycles. The van der Waals surface area contributed by atoms with Crippen molar-refractivity contribution in [3.8, 4) is 0 Å². The minimum atomic E-state index is -0.668. The number of rotatable bonds is 3. The highest BCUT2D eigenvalue weighted by Crippen LogP contribution is 2.36. The van der Waals surface area contributed by atoms with E-state index in [2.05, 4.69) is 11.4 Å². The molecule has 0 aromatic heterocycles. The summed E-state index contributed by atoms with van der Waals surface area (Å²) >= 11 is 0.